The van der Waals surface area contributed by atoms with Gasteiger partial charge in [-0.2, -0.15) is 0 Å². The van der Waals surface area contributed by atoms with Gasteiger partial charge in [-0.05, 0) is 30.2 Å². The fraction of sp³-hybridized carbons (Fsp3) is 0.211. The predicted octanol–water partition coefficient (Wildman–Crippen LogP) is 5.14. The smallest absolute Gasteiger partial charge is 0.190 e. The molecule has 0 aliphatic heterocycles. The third-order valence-corrected chi connectivity index (χ3v) is 4.73. The molecule has 5 heteroatoms. The third-order valence-electron chi connectivity index (χ3n) is 3.63. The lowest BCUT2D eigenvalue weighted by Crippen LogP contribution is -2.17. The molecule has 3 aromatic rings. The number of benzene rings is 2. The molecule has 0 spiro atoms. The molecule has 1 heterocycles. The second-order valence-electron chi connectivity index (χ2n) is 5.36. The summed E-state index contributed by atoms with van der Waals surface area (Å²) in [6.45, 7) is 1.59. The van der Waals surface area contributed by atoms with Crippen LogP contribution in [0.2, 0.25) is 5.02 Å². The lowest BCUT2D eigenvalue weighted by Gasteiger charge is -2.09. The molecule has 0 aliphatic carbocycles. The molecule has 3 nitrogen and oxygen atoms in total. The molecule has 3 rings (SSSR count). The second kappa shape index (κ2) is 8.29. The van der Waals surface area contributed by atoms with Crippen LogP contribution >= 0.6 is 22.9 Å². The molecule has 0 atom stereocenters. The molecule has 0 N–H and O–H groups in total. The molecule has 0 saturated heterocycles. The number of rotatable bonds is 6. The summed E-state index contributed by atoms with van der Waals surface area (Å²) >= 11 is 7.72. The van der Waals surface area contributed by atoms with E-state index in [1.165, 1.54) is 11.3 Å². The Morgan fingerprint density at radius 1 is 1.12 bits per heavy atom. The van der Waals surface area contributed by atoms with E-state index in [2.05, 4.69) is 34.2 Å². The van der Waals surface area contributed by atoms with Crippen molar-refractivity contribution in [2.45, 2.75) is 13.0 Å². The molecule has 0 aliphatic rings. The van der Waals surface area contributed by atoms with Crippen LogP contribution in [-0.4, -0.2) is 18.3 Å². The number of thiazole rings is 1. The maximum absolute atomic E-state index is 6.07. The van der Waals surface area contributed by atoms with Crippen LogP contribution in [-0.2, 0) is 11.3 Å². The standard InChI is InChI=1S/C19H19ClN2OS/c1-23-12-6-11-22-18(15-7-3-2-4-8-15)14-24-19(22)21-17-10-5-9-16(20)13-17/h2-5,7-10,13-14H,6,11-12H2,1H3. The quantitative estimate of drug-likeness (QED) is 0.560. The van der Waals surface area contributed by atoms with Crippen LogP contribution < -0.4 is 4.80 Å². The first-order valence-electron chi connectivity index (χ1n) is 7.81. The molecule has 0 unspecified atom stereocenters. The lowest BCUT2D eigenvalue weighted by atomic mass is 10.2. The zero-order valence-electron chi connectivity index (χ0n) is 13.5. The summed E-state index contributed by atoms with van der Waals surface area (Å²) in [5.41, 5.74) is 3.24. The Bertz CT molecular complexity index is 855. The van der Waals surface area contributed by atoms with Crippen molar-refractivity contribution in [2.75, 3.05) is 13.7 Å². The van der Waals surface area contributed by atoms with Crippen molar-refractivity contribution in [1.82, 2.24) is 4.57 Å². The van der Waals surface area contributed by atoms with E-state index < -0.39 is 0 Å². The number of methoxy groups -OCH3 is 1. The first kappa shape index (κ1) is 17.0. The van der Waals surface area contributed by atoms with Gasteiger partial charge in [0, 0.05) is 30.7 Å². The van der Waals surface area contributed by atoms with Gasteiger partial charge in [0.05, 0.1) is 11.4 Å². The van der Waals surface area contributed by atoms with Gasteiger partial charge in [0.15, 0.2) is 4.80 Å². The summed E-state index contributed by atoms with van der Waals surface area (Å²) in [5.74, 6) is 0. The highest BCUT2D eigenvalue weighted by atomic mass is 35.5. The number of hydrogen-bond donors (Lipinski definition) is 0. The van der Waals surface area contributed by atoms with Crippen LogP contribution in [0.4, 0.5) is 5.69 Å². The van der Waals surface area contributed by atoms with Gasteiger partial charge in [-0.3, -0.25) is 0 Å². The van der Waals surface area contributed by atoms with Gasteiger partial charge in [0.2, 0.25) is 0 Å². The SMILES string of the molecule is COCCCn1c(-c2ccccc2)csc1=Nc1cccc(Cl)c1. The maximum Gasteiger partial charge on any atom is 0.190 e. The normalized spacial score (nSPS) is 11.8. The Labute approximate surface area is 150 Å². The minimum atomic E-state index is 0.696. The highest BCUT2D eigenvalue weighted by Crippen LogP contribution is 2.22. The Kier molecular flexibility index (Phi) is 5.86. The van der Waals surface area contributed by atoms with Gasteiger partial charge in [0.25, 0.3) is 0 Å². The summed E-state index contributed by atoms with van der Waals surface area (Å²) in [5, 5.41) is 2.85. The van der Waals surface area contributed by atoms with Crippen LogP contribution in [0.15, 0.2) is 65.0 Å². The summed E-state index contributed by atoms with van der Waals surface area (Å²) in [4.78, 5) is 5.75. The van der Waals surface area contributed by atoms with Crippen LogP contribution in [0.3, 0.4) is 0 Å². The first-order chi connectivity index (χ1) is 11.8. The van der Waals surface area contributed by atoms with Crippen LogP contribution in [0.1, 0.15) is 6.42 Å². The minimum absolute atomic E-state index is 0.696. The highest BCUT2D eigenvalue weighted by molar-refractivity contribution is 7.07. The van der Waals surface area contributed by atoms with E-state index in [9.17, 15) is 0 Å². The molecule has 0 radical (unpaired) electrons. The van der Waals surface area contributed by atoms with Gasteiger partial charge in [-0.1, -0.05) is 48.0 Å². The molecule has 0 bridgehead atoms. The van der Waals surface area contributed by atoms with E-state index in [-0.39, 0.29) is 0 Å². The summed E-state index contributed by atoms with van der Waals surface area (Å²) in [6.07, 6.45) is 0.940. The second-order valence-corrected chi connectivity index (χ2v) is 6.63. The molecule has 0 amide bonds. The Hall–Kier alpha value is -1.88. The van der Waals surface area contributed by atoms with Crippen molar-refractivity contribution in [3.8, 4) is 11.3 Å². The van der Waals surface area contributed by atoms with Crippen molar-refractivity contribution >= 4 is 28.6 Å². The third kappa shape index (κ3) is 4.15. The van der Waals surface area contributed by atoms with E-state index in [4.69, 9.17) is 21.3 Å². The van der Waals surface area contributed by atoms with E-state index in [0.717, 1.165) is 30.1 Å². The number of ether oxygens (including phenoxy) is 1. The Morgan fingerprint density at radius 2 is 1.96 bits per heavy atom. The maximum atomic E-state index is 6.07. The molecule has 2 aromatic carbocycles. The summed E-state index contributed by atoms with van der Waals surface area (Å²) in [7, 11) is 1.73. The molecule has 24 heavy (non-hydrogen) atoms. The van der Waals surface area contributed by atoms with E-state index >= 15 is 0 Å². The molecule has 0 saturated carbocycles. The molecule has 124 valence electrons. The predicted molar refractivity (Wildman–Crippen MR) is 101 cm³/mol. The average Bonchev–Trinajstić information content (AvgIpc) is 2.99. The first-order valence-corrected chi connectivity index (χ1v) is 9.06. The Balaban J connectivity index is 2.04. The van der Waals surface area contributed by atoms with Crippen molar-refractivity contribution in [3.05, 3.63) is 69.8 Å². The number of hydrogen-bond acceptors (Lipinski definition) is 3. The largest absolute Gasteiger partial charge is 0.385 e. The van der Waals surface area contributed by atoms with Crippen LogP contribution in [0, 0.1) is 0 Å². The summed E-state index contributed by atoms with van der Waals surface area (Å²) < 4.78 is 7.45. The molecular weight excluding hydrogens is 340 g/mol. The van der Waals surface area contributed by atoms with Gasteiger partial charge in [-0.25, -0.2) is 4.99 Å². The fourth-order valence-corrected chi connectivity index (χ4v) is 3.64. The number of nitrogens with zero attached hydrogens (tertiary/aromatic N) is 2. The number of aromatic nitrogens is 1. The van der Waals surface area contributed by atoms with Gasteiger partial charge >= 0.3 is 0 Å². The summed E-state index contributed by atoms with van der Waals surface area (Å²) in [6, 6.07) is 18.0. The fourth-order valence-electron chi connectivity index (χ4n) is 2.50. The van der Waals surface area contributed by atoms with Crippen molar-refractivity contribution in [2.24, 2.45) is 4.99 Å². The van der Waals surface area contributed by atoms with E-state index in [1.807, 2.05) is 30.3 Å². The lowest BCUT2D eigenvalue weighted by molar-refractivity contribution is 0.190. The van der Waals surface area contributed by atoms with Crippen molar-refractivity contribution in [3.63, 3.8) is 0 Å². The average molecular weight is 359 g/mol. The van der Waals surface area contributed by atoms with E-state index in [1.54, 1.807) is 18.4 Å². The van der Waals surface area contributed by atoms with Crippen LogP contribution in [0.25, 0.3) is 11.3 Å². The van der Waals surface area contributed by atoms with Gasteiger partial charge in [-0.15, -0.1) is 11.3 Å². The van der Waals surface area contributed by atoms with Crippen LogP contribution in [0.5, 0.6) is 0 Å². The van der Waals surface area contributed by atoms with E-state index in [0.29, 0.717) is 5.02 Å². The zero-order valence-corrected chi connectivity index (χ0v) is 15.1. The zero-order chi connectivity index (χ0) is 16.8. The van der Waals surface area contributed by atoms with Gasteiger partial charge < -0.3 is 9.30 Å². The molecule has 0 fully saturated rings. The van der Waals surface area contributed by atoms with Gasteiger partial charge in [0.1, 0.15) is 0 Å². The van der Waals surface area contributed by atoms with Crippen molar-refractivity contribution in [1.29, 1.82) is 0 Å². The molecular formula is C19H19ClN2OS. The minimum Gasteiger partial charge on any atom is -0.385 e. The Morgan fingerprint density at radius 3 is 2.71 bits per heavy atom. The highest BCUT2D eigenvalue weighted by Gasteiger charge is 2.08. The topological polar surface area (TPSA) is 26.5 Å². The monoisotopic (exact) mass is 358 g/mol. The molecule has 1 aromatic heterocycles. The van der Waals surface area contributed by atoms with Crippen molar-refractivity contribution < 1.29 is 4.74 Å². The number of halogens is 1.